The SMILES string of the molecule is C=Cc1ccc(OC(C)=O)c(C(=O)OC2(C)CCCC2)c1. The molecule has 0 heterocycles. The lowest BCUT2D eigenvalue weighted by atomic mass is 10.0. The molecule has 0 spiro atoms. The van der Waals surface area contributed by atoms with Gasteiger partial charge in [0.25, 0.3) is 0 Å². The maximum atomic E-state index is 12.4. The van der Waals surface area contributed by atoms with Crippen molar-refractivity contribution in [3.05, 3.63) is 35.9 Å². The summed E-state index contributed by atoms with van der Waals surface area (Å²) in [7, 11) is 0. The molecule has 0 amide bonds. The van der Waals surface area contributed by atoms with Gasteiger partial charge in [-0.2, -0.15) is 0 Å². The van der Waals surface area contributed by atoms with Crippen molar-refractivity contribution in [2.75, 3.05) is 0 Å². The highest BCUT2D eigenvalue weighted by Gasteiger charge is 2.33. The lowest BCUT2D eigenvalue weighted by molar-refractivity contribution is -0.131. The van der Waals surface area contributed by atoms with Crippen molar-refractivity contribution >= 4 is 18.0 Å². The smallest absolute Gasteiger partial charge is 0.342 e. The quantitative estimate of drug-likeness (QED) is 0.625. The Morgan fingerprint density at radius 1 is 1.29 bits per heavy atom. The fraction of sp³-hybridized carbons (Fsp3) is 0.412. The van der Waals surface area contributed by atoms with Crippen LogP contribution in [0.25, 0.3) is 6.08 Å². The maximum Gasteiger partial charge on any atom is 0.342 e. The molecular weight excluding hydrogens is 268 g/mol. The molecule has 112 valence electrons. The third-order valence-electron chi connectivity index (χ3n) is 3.71. The summed E-state index contributed by atoms with van der Waals surface area (Å²) in [5.74, 6) is -0.707. The number of carbonyl (C=O) groups is 2. The van der Waals surface area contributed by atoms with Gasteiger partial charge in [0.2, 0.25) is 0 Å². The van der Waals surface area contributed by atoms with Gasteiger partial charge < -0.3 is 9.47 Å². The van der Waals surface area contributed by atoms with Gasteiger partial charge in [0, 0.05) is 6.92 Å². The molecule has 4 heteroatoms. The first-order valence-corrected chi connectivity index (χ1v) is 7.12. The fourth-order valence-corrected chi connectivity index (χ4v) is 2.58. The van der Waals surface area contributed by atoms with Crippen LogP contribution in [-0.2, 0) is 9.53 Å². The Morgan fingerprint density at radius 3 is 2.52 bits per heavy atom. The summed E-state index contributed by atoms with van der Waals surface area (Å²) >= 11 is 0. The highest BCUT2D eigenvalue weighted by Crippen LogP contribution is 2.34. The Balaban J connectivity index is 2.28. The van der Waals surface area contributed by atoms with Gasteiger partial charge in [-0.15, -0.1) is 0 Å². The summed E-state index contributed by atoms with van der Waals surface area (Å²) in [4.78, 5) is 23.6. The molecule has 2 rings (SSSR count). The zero-order valence-electron chi connectivity index (χ0n) is 12.5. The molecule has 0 bridgehead atoms. The molecular formula is C17H20O4. The Bertz CT molecular complexity index is 568. The number of benzene rings is 1. The summed E-state index contributed by atoms with van der Waals surface area (Å²) in [6.45, 7) is 6.92. The number of rotatable bonds is 4. The average Bonchev–Trinajstić information content (AvgIpc) is 2.84. The number of hydrogen-bond donors (Lipinski definition) is 0. The van der Waals surface area contributed by atoms with Crippen LogP contribution in [0, 0.1) is 0 Å². The van der Waals surface area contributed by atoms with Crippen molar-refractivity contribution in [2.45, 2.75) is 45.1 Å². The zero-order chi connectivity index (χ0) is 15.5. The van der Waals surface area contributed by atoms with Crippen LogP contribution in [0.5, 0.6) is 5.75 Å². The third kappa shape index (κ3) is 3.72. The van der Waals surface area contributed by atoms with Crippen LogP contribution in [0.3, 0.4) is 0 Å². The predicted octanol–water partition coefficient (Wildman–Crippen LogP) is 3.74. The van der Waals surface area contributed by atoms with E-state index >= 15 is 0 Å². The summed E-state index contributed by atoms with van der Waals surface area (Å²) in [5, 5.41) is 0. The molecule has 1 saturated carbocycles. The largest absolute Gasteiger partial charge is 0.456 e. The van der Waals surface area contributed by atoms with E-state index < -0.39 is 17.5 Å². The van der Waals surface area contributed by atoms with E-state index in [2.05, 4.69) is 6.58 Å². The second-order valence-corrected chi connectivity index (χ2v) is 5.60. The third-order valence-corrected chi connectivity index (χ3v) is 3.71. The Hall–Kier alpha value is -2.10. The molecule has 0 aromatic heterocycles. The molecule has 0 unspecified atom stereocenters. The van der Waals surface area contributed by atoms with E-state index in [1.807, 2.05) is 6.92 Å². The number of ether oxygens (including phenoxy) is 2. The molecule has 0 aliphatic heterocycles. The van der Waals surface area contributed by atoms with Crippen LogP contribution >= 0.6 is 0 Å². The van der Waals surface area contributed by atoms with E-state index in [1.54, 1.807) is 24.3 Å². The van der Waals surface area contributed by atoms with E-state index in [9.17, 15) is 9.59 Å². The van der Waals surface area contributed by atoms with Gasteiger partial charge in [0.05, 0.1) is 0 Å². The number of carbonyl (C=O) groups excluding carboxylic acids is 2. The summed E-state index contributed by atoms with van der Waals surface area (Å²) in [6.07, 6.45) is 5.48. The molecule has 0 atom stereocenters. The molecule has 1 fully saturated rings. The normalized spacial score (nSPS) is 16.3. The zero-order valence-corrected chi connectivity index (χ0v) is 12.5. The van der Waals surface area contributed by atoms with Crippen molar-refractivity contribution in [1.29, 1.82) is 0 Å². The van der Waals surface area contributed by atoms with Crippen LogP contribution in [0.15, 0.2) is 24.8 Å². The first-order chi connectivity index (χ1) is 9.93. The molecule has 0 N–H and O–H groups in total. The molecule has 0 radical (unpaired) electrons. The summed E-state index contributed by atoms with van der Waals surface area (Å²) < 4.78 is 10.7. The maximum absolute atomic E-state index is 12.4. The Labute approximate surface area is 124 Å². The first-order valence-electron chi connectivity index (χ1n) is 7.12. The second-order valence-electron chi connectivity index (χ2n) is 5.60. The lowest BCUT2D eigenvalue weighted by Crippen LogP contribution is -2.28. The van der Waals surface area contributed by atoms with Crippen molar-refractivity contribution in [1.82, 2.24) is 0 Å². The monoisotopic (exact) mass is 288 g/mol. The average molecular weight is 288 g/mol. The predicted molar refractivity (Wildman–Crippen MR) is 80.1 cm³/mol. The van der Waals surface area contributed by atoms with Gasteiger partial charge >= 0.3 is 11.9 Å². The number of esters is 2. The highest BCUT2D eigenvalue weighted by molar-refractivity contribution is 5.94. The van der Waals surface area contributed by atoms with E-state index in [1.165, 1.54) is 6.92 Å². The first kappa shape index (κ1) is 15.3. The second kappa shape index (κ2) is 6.12. The van der Waals surface area contributed by atoms with E-state index in [0.29, 0.717) is 0 Å². The van der Waals surface area contributed by atoms with Crippen LogP contribution in [-0.4, -0.2) is 17.5 Å². The van der Waals surface area contributed by atoms with Gasteiger partial charge in [-0.05, 0) is 50.3 Å². The van der Waals surface area contributed by atoms with Crippen LogP contribution < -0.4 is 4.74 Å². The molecule has 1 aromatic carbocycles. The lowest BCUT2D eigenvalue weighted by Gasteiger charge is -2.24. The van der Waals surface area contributed by atoms with E-state index in [4.69, 9.17) is 9.47 Å². The highest BCUT2D eigenvalue weighted by atomic mass is 16.6. The van der Waals surface area contributed by atoms with Crippen molar-refractivity contribution < 1.29 is 19.1 Å². The Kier molecular flexibility index (Phi) is 4.46. The van der Waals surface area contributed by atoms with Crippen LogP contribution in [0.1, 0.15) is 55.5 Å². The van der Waals surface area contributed by atoms with Gasteiger partial charge in [-0.3, -0.25) is 4.79 Å². The minimum absolute atomic E-state index is 0.222. The molecule has 4 nitrogen and oxygen atoms in total. The van der Waals surface area contributed by atoms with Crippen molar-refractivity contribution in [2.24, 2.45) is 0 Å². The van der Waals surface area contributed by atoms with Crippen LogP contribution in [0.2, 0.25) is 0 Å². The minimum atomic E-state index is -0.470. The van der Waals surface area contributed by atoms with Gasteiger partial charge in [0.1, 0.15) is 16.9 Å². The van der Waals surface area contributed by atoms with Gasteiger partial charge in [-0.1, -0.05) is 18.7 Å². The summed E-state index contributed by atoms with van der Waals surface area (Å²) in [6, 6.07) is 4.96. The van der Waals surface area contributed by atoms with Crippen molar-refractivity contribution in [3.63, 3.8) is 0 Å². The molecule has 1 aliphatic carbocycles. The molecule has 1 aromatic rings. The molecule has 1 aliphatic rings. The van der Waals surface area contributed by atoms with Crippen LogP contribution in [0.4, 0.5) is 0 Å². The molecule has 21 heavy (non-hydrogen) atoms. The summed E-state index contributed by atoms with van der Waals surface area (Å²) in [5.41, 5.74) is 0.611. The Morgan fingerprint density at radius 2 is 1.95 bits per heavy atom. The van der Waals surface area contributed by atoms with Gasteiger partial charge in [0.15, 0.2) is 0 Å². The van der Waals surface area contributed by atoms with E-state index in [0.717, 1.165) is 31.2 Å². The topological polar surface area (TPSA) is 52.6 Å². The van der Waals surface area contributed by atoms with E-state index in [-0.39, 0.29) is 11.3 Å². The minimum Gasteiger partial charge on any atom is -0.456 e. The van der Waals surface area contributed by atoms with Crippen molar-refractivity contribution in [3.8, 4) is 5.75 Å². The fourth-order valence-electron chi connectivity index (χ4n) is 2.58. The number of hydrogen-bond acceptors (Lipinski definition) is 4. The standard InChI is InChI=1S/C17H20O4/c1-4-13-7-8-15(20-12(2)18)14(11-13)16(19)21-17(3)9-5-6-10-17/h4,7-8,11H,1,5-6,9-10H2,2-3H3. The van der Waals surface area contributed by atoms with Gasteiger partial charge in [-0.25, -0.2) is 4.79 Å². The molecule has 0 saturated heterocycles.